The van der Waals surface area contributed by atoms with Crippen LogP contribution in [0, 0.1) is 0 Å². The van der Waals surface area contributed by atoms with Crippen LogP contribution in [0.15, 0.2) is 32.5 Å². The van der Waals surface area contributed by atoms with Crippen LogP contribution in [0.5, 0.6) is 0 Å². The summed E-state index contributed by atoms with van der Waals surface area (Å²) in [4.78, 5) is 5.35. The highest BCUT2D eigenvalue weighted by Crippen LogP contribution is 2.36. The highest BCUT2D eigenvalue weighted by Gasteiger charge is 2.23. The minimum absolute atomic E-state index is 0.101. The number of halogens is 4. The van der Waals surface area contributed by atoms with Crippen LogP contribution < -0.4 is 11.1 Å². The van der Waals surface area contributed by atoms with Gasteiger partial charge in [0.1, 0.15) is 16.4 Å². The number of furan rings is 1. The molecule has 0 fully saturated rings. The van der Waals surface area contributed by atoms with Gasteiger partial charge in [-0.2, -0.15) is 0 Å². The lowest BCUT2D eigenvalue weighted by molar-refractivity contribution is 0.113. The van der Waals surface area contributed by atoms with Crippen molar-refractivity contribution in [2.24, 2.45) is 5.73 Å². The second-order valence-corrected chi connectivity index (χ2v) is 7.36. The first kappa shape index (κ1) is 17.6. The first-order valence-corrected chi connectivity index (χ1v) is 9.08. The summed E-state index contributed by atoms with van der Waals surface area (Å²) in [6.07, 6.45) is -2.73. The molecule has 4 nitrogen and oxygen atoms in total. The van der Waals surface area contributed by atoms with Gasteiger partial charge in [-0.1, -0.05) is 17.7 Å². The summed E-state index contributed by atoms with van der Waals surface area (Å²) in [7, 11) is 0. The number of alkyl halides is 2. The van der Waals surface area contributed by atoms with Gasteiger partial charge >= 0.3 is 0 Å². The number of fused-ring (bicyclic) bond motifs is 1. The van der Waals surface area contributed by atoms with Crippen LogP contribution in [0.3, 0.4) is 0 Å². The van der Waals surface area contributed by atoms with E-state index in [0.29, 0.717) is 33.6 Å². The molecule has 0 aliphatic carbocycles. The molecule has 0 saturated heterocycles. The van der Waals surface area contributed by atoms with Gasteiger partial charge in [-0.3, -0.25) is 0 Å². The summed E-state index contributed by atoms with van der Waals surface area (Å²) in [6.45, 7) is 0.595. The van der Waals surface area contributed by atoms with Gasteiger partial charge in [-0.25, -0.2) is 13.8 Å². The smallest absolute Gasteiger partial charge is 0.253 e. The number of nitrogens with one attached hydrogen (secondary N) is 1. The molecule has 0 aliphatic rings. The maximum atomic E-state index is 12.7. The lowest BCUT2D eigenvalue weighted by Crippen LogP contribution is -2.30. The third-order valence-electron chi connectivity index (χ3n) is 3.40. The molecule has 3 aromatic rings. The maximum absolute atomic E-state index is 12.7. The zero-order valence-electron chi connectivity index (χ0n) is 12.2. The van der Waals surface area contributed by atoms with E-state index in [9.17, 15) is 8.78 Å². The number of thiophene rings is 1. The fraction of sp³-hybridized carbons (Fsp3) is 0.267. The number of nitrogens with two attached hydrogens (primary N) is 1. The monoisotopic (exact) mass is 435 g/mol. The van der Waals surface area contributed by atoms with Gasteiger partial charge in [0, 0.05) is 23.9 Å². The predicted octanol–water partition coefficient (Wildman–Crippen LogP) is 5.05. The number of nitrogens with zero attached hydrogens (tertiary/aromatic N) is 1. The van der Waals surface area contributed by atoms with Crippen molar-refractivity contribution < 1.29 is 13.2 Å². The number of hydrogen-bond acceptors (Lipinski definition) is 5. The van der Waals surface area contributed by atoms with Gasteiger partial charge in [0.15, 0.2) is 5.58 Å². The van der Waals surface area contributed by atoms with Crippen molar-refractivity contribution >= 4 is 55.7 Å². The van der Waals surface area contributed by atoms with E-state index in [1.807, 2.05) is 17.5 Å². The van der Waals surface area contributed by atoms with Crippen LogP contribution in [-0.4, -0.2) is 17.5 Å². The third kappa shape index (κ3) is 3.72. The molecule has 3 rings (SSSR count). The zero-order chi connectivity index (χ0) is 17.3. The molecule has 0 bridgehead atoms. The molecule has 1 atom stereocenters. The Kier molecular flexibility index (Phi) is 5.39. The second-order valence-electron chi connectivity index (χ2n) is 5.14. The van der Waals surface area contributed by atoms with Crippen molar-refractivity contribution in [2.45, 2.75) is 25.4 Å². The van der Waals surface area contributed by atoms with Gasteiger partial charge in [-0.15, -0.1) is 11.3 Å². The Labute approximate surface area is 154 Å². The molecule has 3 aromatic heterocycles. The molecule has 24 heavy (non-hydrogen) atoms. The second kappa shape index (κ2) is 7.35. The first-order chi connectivity index (χ1) is 11.5. The maximum Gasteiger partial charge on any atom is 0.253 e. The molecule has 0 unspecified atom stereocenters. The zero-order valence-corrected chi connectivity index (χ0v) is 15.4. The summed E-state index contributed by atoms with van der Waals surface area (Å²) >= 11 is 11.0. The van der Waals surface area contributed by atoms with Crippen molar-refractivity contribution in [3.8, 4) is 0 Å². The Morgan fingerprint density at radius 1 is 1.46 bits per heavy atom. The number of rotatable bonds is 6. The topological polar surface area (TPSA) is 64.1 Å². The van der Waals surface area contributed by atoms with Crippen LogP contribution in [-0.2, 0) is 13.0 Å². The highest BCUT2D eigenvalue weighted by atomic mass is 79.9. The molecule has 3 N–H and O–H groups in total. The molecule has 0 radical (unpaired) electrons. The molecule has 0 spiro atoms. The largest absolute Gasteiger partial charge is 0.456 e. The van der Waals surface area contributed by atoms with Gasteiger partial charge in [-0.05, 0) is 27.4 Å². The van der Waals surface area contributed by atoms with E-state index >= 15 is 0 Å². The molecule has 9 heteroatoms. The van der Waals surface area contributed by atoms with Crippen molar-refractivity contribution in [1.82, 2.24) is 4.98 Å². The standard InChI is InChI=1S/C15H13BrClF2N3OS/c16-12-10(4-8(20)15(18)19)23-14-9(5-11(17)22-13(12)14)21-6-7-2-1-3-24-7/h1-3,5,8,15H,4,6,20H2,(H,21,22)/t8-/m1/s1. The van der Waals surface area contributed by atoms with E-state index in [1.165, 1.54) is 0 Å². The van der Waals surface area contributed by atoms with Crippen molar-refractivity contribution in [3.63, 3.8) is 0 Å². The van der Waals surface area contributed by atoms with Gasteiger partial charge in [0.25, 0.3) is 6.43 Å². The average molecular weight is 437 g/mol. The number of anilines is 1. The Bertz CT molecular complexity index is 841. The predicted molar refractivity (Wildman–Crippen MR) is 96.0 cm³/mol. The summed E-state index contributed by atoms with van der Waals surface area (Å²) in [5, 5.41) is 5.51. The van der Waals surface area contributed by atoms with Crippen LogP contribution >= 0.6 is 38.9 Å². The first-order valence-electron chi connectivity index (χ1n) is 7.03. The van der Waals surface area contributed by atoms with Crippen molar-refractivity contribution in [1.29, 1.82) is 0 Å². The van der Waals surface area contributed by atoms with E-state index in [0.717, 1.165) is 4.88 Å². The SMILES string of the molecule is N[C@H](Cc1oc2c(NCc3cccs3)cc(Cl)nc2c1Br)C(F)F. The van der Waals surface area contributed by atoms with Crippen LogP contribution in [0.25, 0.3) is 11.1 Å². The van der Waals surface area contributed by atoms with Crippen LogP contribution in [0.4, 0.5) is 14.5 Å². The fourth-order valence-corrected chi connectivity index (χ4v) is 3.57. The van der Waals surface area contributed by atoms with Crippen molar-refractivity contribution in [2.75, 3.05) is 5.32 Å². The van der Waals surface area contributed by atoms with Crippen LogP contribution in [0.2, 0.25) is 5.15 Å². The molecule has 0 aliphatic heterocycles. The van der Waals surface area contributed by atoms with Gasteiger partial charge in [0.2, 0.25) is 0 Å². The Morgan fingerprint density at radius 3 is 2.92 bits per heavy atom. The van der Waals surface area contributed by atoms with E-state index in [-0.39, 0.29) is 11.6 Å². The van der Waals surface area contributed by atoms with Gasteiger partial charge in [0.05, 0.1) is 16.2 Å². The Hall–Kier alpha value is -1.22. The van der Waals surface area contributed by atoms with Gasteiger partial charge < -0.3 is 15.5 Å². The summed E-state index contributed by atoms with van der Waals surface area (Å²) in [6, 6.07) is 4.30. The molecular weight excluding hydrogens is 424 g/mol. The number of pyridine rings is 1. The third-order valence-corrected chi connectivity index (χ3v) is 5.29. The molecule has 0 amide bonds. The highest BCUT2D eigenvalue weighted by molar-refractivity contribution is 9.10. The summed E-state index contributed by atoms with van der Waals surface area (Å²) in [5.74, 6) is 0.326. The molecule has 0 saturated carbocycles. The van der Waals surface area contributed by atoms with E-state index in [1.54, 1.807) is 17.4 Å². The van der Waals surface area contributed by atoms with E-state index in [4.69, 9.17) is 21.8 Å². The summed E-state index contributed by atoms with van der Waals surface area (Å²) < 4.78 is 31.6. The lowest BCUT2D eigenvalue weighted by Gasteiger charge is -2.08. The fourth-order valence-electron chi connectivity index (χ4n) is 2.22. The molecule has 0 aromatic carbocycles. The number of hydrogen-bond donors (Lipinski definition) is 2. The van der Waals surface area contributed by atoms with E-state index in [2.05, 4.69) is 26.2 Å². The van der Waals surface area contributed by atoms with E-state index < -0.39 is 12.5 Å². The molecular formula is C15H13BrClF2N3OS. The van der Waals surface area contributed by atoms with Crippen LogP contribution in [0.1, 0.15) is 10.6 Å². The minimum atomic E-state index is -2.63. The normalized spacial score (nSPS) is 12.9. The average Bonchev–Trinajstić information content (AvgIpc) is 3.15. The summed E-state index contributed by atoms with van der Waals surface area (Å²) in [5.41, 5.74) is 7.02. The molecule has 128 valence electrons. The molecule has 3 heterocycles. The lowest BCUT2D eigenvalue weighted by atomic mass is 10.2. The minimum Gasteiger partial charge on any atom is -0.456 e. The Morgan fingerprint density at radius 2 is 2.25 bits per heavy atom. The number of aromatic nitrogens is 1. The van der Waals surface area contributed by atoms with Crippen molar-refractivity contribution in [3.05, 3.63) is 43.8 Å². The quantitative estimate of drug-likeness (QED) is 0.531. The Balaban J connectivity index is 1.94.